The molecule has 3 aromatic rings. The molecule has 3 rings (SSSR count). The van der Waals surface area contributed by atoms with Gasteiger partial charge in [0.15, 0.2) is 5.82 Å². The second kappa shape index (κ2) is 5.82. The highest BCUT2D eigenvalue weighted by molar-refractivity contribution is 7.18. The minimum absolute atomic E-state index is 0.791. The van der Waals surface area contributed by atoms with Gasteiger partial charge in [0.2, 0.25) is 0 Å². The number of aromatic nitrogens is 2. The first-order valence-electron chi connectivity index (χ1n) is 7.32. The van der Waals surface area contributed by atoms with E-state index in [-0.39, 0.29) is 0 Å². The number of fused-ring (bicyclic) bond motifs is 1. The van der Waals surface area contributed by atoms with E-state index in [0.717, 1.165) is 40.3 Å². The Balaban J connectivity index is 2.13. The van der Waals surface area contributed by atoms with Crippen LogP contribution in [0.1, 0.15) is 24.3 Å². The molecule has 0 unspecified atom stereocenters. The van der Waals surface area contributed by atoms with E-state index in [9.17, 15) is 0 Å². The Bertz CT molecular complexity index is 760. The summed E-state index contributed by atoms with van der Waals surface area (Å²) in [5, 5.41) is 4.31. The molecule has 1 N–H and O–H groups in total. The number of thiophene rings is 1. The molecule has 2 heterocycles. The predicted molar refractivity (Wildman–Crippen MR) is 91.2 cm³/mol. The summed E-state index contributed by atoms with van der Waals surface area (Å²) in [6, 6.07) is 10.7. The monoisotopic (exact) mass is 297 g/mol. The van der Waals surface area contributed by atoms with Crippen LogP contribution in [-0.2, 0) is 12.8 Å². The molecule has 0 saturated heterocycles. The summed E-state index contributed by atoms with van der Waals surface area (Å²) in [6.07, 6.45) is 2.08. The first-order valence-corrected chi connectivity index (χ1v) is 8.14. The van der Waals surface area contributed by atoms with Crippen LogP contribution in [0.4, 0.5) is 5.82 Å². The quantitative estimate of drug-likeness (QED) is 0.769. The highest BCUT2D eigenvalue weighted by atomic mass is 32.1. The maximum atomic E-state index is 4.75. The van der Waals surface area contributed by atoms with Crippen LogP contribution < -0.4 is 5.32 Å². The van der Waals surface area contributed by atoms with E-state index in [4.69, 9.17) is 4.98 Å². The van der Waals surface area contributed by atoms with Crippen LogP contribution in [0.5, 0.6) is 0 Å². The van der Waals surface area contributed by atoms with Crippen molar-refractivity contribution in [2.75, 3.05) is 12.4 Å². The molecule has 0 atom stereocenters. The zero-order valence-corrected chi connectivity index (χ0v) is 13.4. The fourth-order valence-electron chi connectivity index (χ4n) is 2.35. The van der Waals surface area contributed by atoms with Gasteiger partial charge in [-0.1, -0.05) is 38.1 Å². The maximum absolute atomic E-state index is 4.75. The van der Waals surface area contributed by atoms with Crippen LogP contribution in [0, 0.1) is 0 Å². The molecule has 0 bridgehead atoms. The van der Waals surface area contributed by atoms with Crippen molar-refractivity contribution in [1.29, 1.82) is 0 Å². The summed E-state index contributed by atoms with van der Waals surface area (Å²) in [6.45, 7) is 4.33. The van der Waals surface area contributed by atoms with E-state index in [1.165, 1.54) is 10.4 Å². The SMILES string of the molecule is CCc1ccc(-c2nc(NC)c3cc(CC)sc3n2)cc1. The summed E-state index contributed by atoms with van der Waals surface area (Å²) in [5.74, 6) is 1.70. The third-order valence-electron chi connectivity index (χ3n) is 3.65. The van der Waals surface area contributed by atoms with Gasteiger partial charge >= 0.3 is 0 Å². The Kier molecular flexibility index (Phi) is 3.88. The van der Waals surface area contributed by atoms with Gasteiger partial charge in [0.25, 0.3) is 0 Å². The van der Waals surface area contributed by atoms with Gasteiger partial charge in [0, 0.05) is 17.5 Å². The average Bonchev–Trinajstić information content (AvgIpc) is 2.97. The first kappa shape index (κ1) is 14.0. The lowest BCUT2D eigenvalue weighted by molar-refractivity contribution is 1.14. The van der Waals surface area contributed by atoms with Gasteiger partial charge in [0.05, 0.1) is 5.39 Å². The normalized spacial score (nSPS) is 11.0. The molecule has 0 spiro atoms. The van der Waals surface area contributed by atoms with Crippen molar-refractivity contribution in [3.63, 3.8) is 0 Å². The zero-order chi connectivity index (χ0) is 14.8. The lowest BCUT2D eigenvalue weighted by Crippen LogP contribution is -1.97. The summed E-state index contributed by atoms with van der Waals surface area (Å²) in [7, 11) is 1.91. The van der Waals surface area contributed by atoms with E-state index in [1.54, 1.807) is 11.3 Å². The smallest absolute Gasteiger partial charge is 0.163 e. The number of hydrogen-bond donors (Lipinski definition) is 1. The van der Waals surface area contributed by atoms with Crippen molar-refractivity contribution in [2.45, 2.75) is 26.7 Å². The fourth-order valence-corrected chi connectivity index (χ4v) is 3.32. The van der Waals surface area contributed by atoms with Gasteiger partial charge in [-0.25, -0.2) is 9.97 Å². The molecule has 1 aromatic carbocycles. The maximum Gasteiger partial charge on any atom is 0.163 e. The van der Waals surface area contributed by atoms with Crippen molar-refractivity contribution in [3.8, 4) is 11.4 Å². The molecule has 21 heavy (non-hydrogen) atoms. The van der Waals surface area contributed by atoms with E-state index >= 15 is 0 Å². The van der Waals surface area contributed by atoms with Crippen LogP contribution in [-0.4, -0.2) is 17.0 Å². The summed E-state index contributed by atoms with van der Waals surface area (Å²) >= 11 is 1.75. The topological polar surface area (TPSA) is 37.8 Å². The van der Waals surface area contributed by atoms with E-state index in [0.29, 0.717) is 0 Å². The van der Waals surface area contributed by atoms with Crippen molar-refractivity contribution in [2.24, 2.45) is 0 Å². The lowest BCUT2D eigenvalue weighted by atomic mass is 10.1. The second-order valence-corrected chi connectivity index (χ2v) is 6.10. The van der Waals surface area contributed by atoms with Gasteiger partial charge in [-0.3, -0.25) is 0 Å². The van der Waals surface area contributed by atoms with Crippen LogP contribution in [0.2, 0.25) is 0 Å². The number of aryl methyl sites for hydroxylation is 2. The second-order valence-electron chi connectivity index (χ2n) is 4.98. The van der Waals surface area contributed by atoms with Crippen molar-refractivity contribution >= 4 is 27.4 Å². The fraction of sp³-hybridized carbons (Fsp3) is 0.294. The molecule has 0 fully saturated rings. The molecular weight excluding hydrogens is 278 g/mol. The minimum Gasteiger partial charge on any atom is -0.372 e. The van der Waals surface area contributed by atoms with Gasteiger partial charge in [0.1, 0.15) is 10.6 Å². The summed E-state index contributed by atoms with van der Waals surface area (Å²) in [4.78, 5) is 11.8. The largest absolute Gasteiger partial charge is 0.372 e. The Morgan fingerprint density at radius 2 is 1.81 bits per heavy atom. The number of hydrogen-bond acceptors (Lipinski definition) is 4. The molecule has 4 heteroatoms. The third kappa shape index (κ3) is 2.63. The molecule has 108 valence electrons. The Morgan fingerprint density at radius 3 is 2.43 bits per heavy atom. The lowest BCUT2D eigenvalue weighted by Gasteiger charge is -2.06. The van der Waals surface area contributed by atoms with E-state index < -0.39 is 0 Å². The predicted octanol–water partition coefficient (Wildman–Crippen LogP) is 4.52. The van der Waals surface area contributed by atoms with Gasteiger partial charge in [-0.05, 0) is 24.5 Å². The Morgan fingerprint density at radius 1 is 1.05 bits per heavy atom. The number of rotatable bonds is 4. The summed E-state index contributed by atoms with van der Waals surface area (Å²) < 4.78 is 0. The van der Waals surface area contributed by atoms with Crippen molar-refractivity contribution in [1.82, 2.24) is 9.97 Å². The Hall–Kier alpha value is -1.94. The van der Waals surface area contributed by atoms with Crippen LogP contribution in [0.25, 0.3) is 21.6 Å². The molecule has 0 saturated carbocycles. The molecule has 0 aliphatic carbocycles. The number of nitrogens with zero attached hydrogens (tertiary/aromatic N) is 2. The molecule has 3 nitrogen and oxygen atoms in total. The third-order valence-corrected chi connectivity index (χ3v) is 4.82. The van der Waals surface area contributed by atoms with Crippen LogP contribution in [0.15, 0.2) is 30.3 Å². The van der Waals surface area contributed by atoms with Crippen LogP contribution in [0.3, 0.4) is 0 Å². The highest BCUT2D eigenvalue weighted by Gasteiger charge is 2.11. The molecule has 0 aliphatic heterocycles. The van der Waals surface area contributed by atoms with E-state index in [1.807, 2.05) is 7.05 Å². The summed E-state index contributed by atoms with van der Waals surface area (Å²) in [5.41, 5.74) is 2.40. The molecule has 0 radical (unpaired) electrons. The Labute approximate surface area is 129 Å². The van der Waals surface area contributed by atoms with Gasteiger partial charge < -0.3 is 5.32 Å². The van der Waals surface area contributed by atoms with Gasteiger partial charge in [-0.2, -0.15) is 0 Å². The highest BCUT2D eigenvalue weighted by Crippen LogP contribution is 2.31. The number of benzene rings is 1. The first-order chi connectivity index (χ1) is 10.2. The van der Waals surface area contributed by atoms with Gasteiger partial charge in [-0.15, -0.1) is 11.3 Å². The van der Waals surface area contributed by atoms with Crippen molar-refractivity contribution < 1.29 is 0 Å². The molecular formula is C17H19N3S. The molecule has 2 aromatic heterocycles. The van der Waals surface area contributed by atoms with Crippen molar-refractivity contribution in [3.05, 3.63) is 40.8 Å². The van der Waals surface area contributed by atoms with Crippen LogP contribution >= 0.6 is 11.3 Å². The molecule has 0 amide bonds. The molecule has 0 aliphatic rings. The number of anilines is 1. The minimum atomic E-state index is 0.791. The average molecular weight is 297 g/mol. The standard InChI is InChI=1S/C17H19N3S/c1-4-11-6-8-12(9-7-11)15-19-16(18-3)14-10-13(5-2)21-17(14)20-15/h6-10H,4-5H2,1-3H3,(H,18,19,20). The number of nitrogens with one attached hydrogen (secondary N) is 1. The van der Waals surface area contributed by atoms with E-state index in [2.05, 4.69) is 54.5 Å². The zero-order valence-electron chi connectivity index (χ0n) is 12.6.